The van der Waals surface area contributed by atoms with Gasteiger partial charge in [-0.05, 0) is 31.2 Å². The summed E-state index contributed by atoms with van der Waals surface area (Å²) in [5.41, 5.74) is 0.479. The zero-order valence-electron chi connectivity index (χ0n) is 14.8. The maximum absolute atomic E-state index is 12.7. The van der Waals surface area contributed by atoms with E-state index in [-0.39, 0.29) is 16.7 Å². The molecule has 0 aliphatic carbocycles. The normalized spacial score (nSPS) is 18.2. The second-order valence-corrected chi connectivity index (χ2v) is 10.2. The van der Waals surface area contributed by atoms with E-state index in [0.717, 1.165) is 22.7 Å². The highest BCUT2D eigenvalue weighted by atomic mass is 32.2. The Morgan fingerprint density at radius 3 is 2.85 bits per heavy atom. The predicted octanol–water partition coefficient (Wildman–Crippen LogP) is 2.34. The first-order valence-electron chi connectivity index (χ1n) is 8.23. The van der Waals surface area contributed by atoms with E-state index in [1.54, 1.807) is 24.4 Å². The number of hydrogen-bond acceptors (Lipinski definition) is 8. The van der Waals surface area contributed by atoms with Crippen molar-refractivity contribution >= 4 is 49.7 Å². The van der Waals surface area contributed by atoms with Crippen molar-refractivity contribution in [3.05, 3.63) is 28.1 Å². The highest BCUT2D eigenvalue weighted by Crippen LogP contribution is 2.28. The molecule has 8 nitrogen and oxygen atoms in total. The van der Waals surface area contributed by atoms with Gasteiger partial charge in [0.15, 0.2) is 5.13 Å². The predicted molar refractivity (Wildman–Crippen MR) is 103 cm³/mol. The largest absolute Gasteiger partial charge is 0.465 e. The molecular formula is C16H19N3O5S3. The molecule has 1 fully saturated rings. The minimum absolute atomic E-state index is 0.125. The summed E-state index contributed by atoms with van der Waals surface area (Å²) in [6.45, 7) is 2.18. The first-order valence-corrected chi connectivity index (χ1v) is 11.4. The third-order valence-corrected chi connectivity index (χ3v) is 8.53. The molecule has 27 heavy (non-hydrogen) atoms. The Hall–Kier alpha value is -1.82. The van der Waals surface area contributed by atoms with Gasteiger partial charge in [-0.1, -0.05) is 17.4 Å². The van der Waals surface area contributed by atoms with Crippen LogP contribution in [0.2, 0.25) is 0 Å². The number of nitrogens with one attached hydrogen (secondary N) is 1. The lowest BCUT2D eigenvalue weighted by Crippen LogP contribution is -2.43. The molecule has 146 valence electrons. The number of aromatic nitrogens is 1. The number of carbonyl (C=O) groups excluding carboxylic acids is 2. The van der Waals surface area contributed by atoms with Gasteiger partial charge in [0, 0.05) is 13.1 Å². The Morgan fingerprint density at radius 1 is 1.41 bits per heavy atom. The SMILES string of the molecule is COC(=O)c1sc(NC(=O)C2CCCN(S(=O)(=O)c3cccs3)C2)nc1C. The van der Waals surface area contributed by atoms with E-state index >= 15 is 0 Å². The van der Waals surface area contributed by atoms with Gasteiger partial charge in [0.05, 0.1) is 18.7 Å². The number of nitrogens with zero attached hydrogens (tertiary/aromatic N) is 2. The molecule has 0 aromatic carbocycles. The van der Waals surface area contributed by atoms with E-state index in [4.69, 9.17) is 0 Å². The van der Waals surface area contributed by atoms with Crippen molar-refractivity contribution in [2.75, 3.05) is 25.5 Å². The van der Waals surface area contributed by atoms with E-state index in [1.165, 1.54) is 11.4 Å². The van der Waals surface area contributed by atoms with Crippen molar-refractivity contribution < 1.29 is 22.7 Å². The average Bonchev–Trinajstić information content (AvgIpc) is 3.31. The van der Waals surface area contributed by atoms with Gasteiger partial charge in [-0.2, -0.15) is 4.31 Å². The molecule has 3 heterocycles. The van der Waals surface area contributed by atoms with Crippen LogP contribution >= 0.6 is 22.7 Å². The summed E-state index contributed by atoms with van der Waals surface area (Å²) < 4.78 is 31.7. The number of ether oxygens (including phenoxy) is 1. The average molecular weight is 430 g/mol. The molecule has 2 aromatic heterocycles. The van der Waals surface area contributed by atoms with Gasteiger partial charge in [-0.15, -0.1) is 11.3 Å². The molecule has 3 rings (SSSR count). The van der Waals surface area contributed by atoms with Crippen LogP contribution in [0.3, 0.4) is 0 Å². The van der Waals surface area contributed by atoms with Gasteiger partial charge in [-0.25, -0.2) is 18.2 Å². The van der Waals surface area contributed by atoms with Crippen LogP contribution in [0.15, 0.2) is 21.7 Å². The number of amides is 1. The standard InChI is InChI=1S/C16H19N3O5S3/c1-10-13(15(21)24-2)26-16(17-10)18-14(20)11-5-3-7-19(9-11)27(22,23)12-6-4-8-25-12/h4,6,8,11H,3,5,7,9H2,1-2H3,(H,17,18,20). The molecule has 1 saturated heterocycles. The third-order valence-electron chi connectivity index (χ3n) is 4.24. The van der Waals surface area contributed by atoms with Crippen LogP contribution in [0.4, 0.5) is 5.13 Å². The van der Waals surface area contributed by atoms with Crippen LogP contribution in [0.5, 0.6) is 0 Å². The minimum Gasteiger partial charge on any atom is -0.465 e. The Bertz CT molecular complexity index is 937. The molecule has 0 radical (unpaired) electrons. The topological polar surface area (TPSA) is 106 Å². The van der Waals surface area contributed by atoms with Crippen LogP contribution < -0.4 is 5.32 Å². The highest BCUT2D eigenvalue weighted by molar-refractivity contribution is 7.91. The number of sulfonamides is 1. The number of carbonyl (C=O) groups is 2. The lowest BCUT2D eigenvalue weighted by atomic mass is 9.99. The van der Waals surface area contributed by atoms with Crippen LogP contribution in [-0.4, -0.2) is 49.8 Å². The van der Waals surface area contributed by atoms with Crippen LogP contribution in [0.25, 0.3) is 0 Å². The summed E-state index contributed by atoms with van der Waals surface area (Å²) in [6.07, 6.45) is 1.20. The number of anilines is 1. The molecular weight excluding hydrogens is 410 g/mol. The van der Waals surface area contributed by atoms with Gasteiger partial charge in [0.1, 0.15) is 9.09 Å². The summed E-state index contributed by atoms with van der Waals surface area (Å²) in [5, 5.41) is 4.72. The summed E-state index contributed by atoms with van der Waals surface area (Å²) >= 11 is 2.20. The summed E-state index contributed by atoms with van der Waals surface area (Å²) in [4.78, 5) is 28.8. The van der Waals surface area contributed by atoms with Gasteiger partial charge < -0.3 is 10.1 Å². The van der Waals surface area contributed by atoms with E-state index < -0.39 is 21.9 Å². The number of esters is 1. The van der Waals surface area contributed by atoms with Gasteiger partial charge in [0.25, 0.3) is 10.0 Å². The summed E-state index contributed by atoms with van der Waals surface area (Å²) in [6, 6.07) is 3.26. The highest BCUT2D eigenvalue weighted by Gasteiger charge is 2.34. The zero-order valence-corrected chi connectivity index (χ0v) is 17.2. The first-order chi connectivity index (χ1) is 12.8. The maximum Gasteiger partial charge on any atom is 0.350 e. The van der Waals surface area contributed by atoms with Gasteiger partial charge >= 0.3 is 5.97 Å². The fraction of sp³-hybridized carbons (Fsp3) is 0.438. The number of thiophene rings is 1. The number of methoxy groups -OCH3 is 1. The van der Waals surface area contributed by atoms with Crippen molar-refractivity contribution in [2.24, 2.45) is 5.92 Å². The smallest absolute Gasteiger partial charge is 0.350 e. The number of thiazole rings is 1. The number of piperidine rings is 1. The molecule has 0 spiro atoms. The van der Waals surface area contributed by atoms with E-state index in [0.29, 0.717) is 35.1 Å². The van der Waals surface area contributed by atoms with Gasteiger partial charge in [0.2, 0.25) is 5.91 Å². The molecule has 1 aliphatic heterocycles. The molecule has 11 heteroatoms. The van der Waals surface area contributed by atoms with Gasteiger partial charge in [-0.3, -0.25) is 4.79 Å². The quantitative estimate of drug-likeness (QED) is 0.732. The number of aryl methyl sites for hydroxylation is 1. The zero-order chi connectivity index (χ0) is 19.6. The van der Waals surface area contributed by atoms with E-state index in [2.05, 4.69) is 15.0 Å². The van der Waals surface area contributed by atoms with Crippen LogP contribution in [-0.2, 0) is 19.6 Å². The molecule has 1 N–H and O–H groups in total. The summed E-state index contributed by atoms with van der Waals surface area (Å²) in [5.74, 6) is -1.28. The number of rotatable bonds is 5. The first kappa shape index (κ1) is 19.9. The second-order valence-electron chi connectivity index (χ2n) is 6.05. The molecule has 0 bridgehead atoms. The van der Waals surface area contributed by atoms with Crippen molar-refractivity contribution in [1.29, 1.82) is 0 Å². The van der Waals surface area contributed by atoms with Crippen molar-refractivity contribution in [3.8, 4) is 0 Å². The second kappa shape index (κ2) is 8.05. The molecule has 1 aliphatic rings. The van der Waals surface area contributed by atoms with E-state index in [9.17, 15) is 18.0 Å². The molecule has 0 saturated carbocycles. The van der Waals surface area contributed by atoms with Crippen LogP contribution in [0, 0.1) is 12.8 Å². The number of hydrogen-bond donors (Lipinski definition) is 1. The Labute approximate surface area is 165 Å². The molecule has 2 aromatic rings. The molecule has 1 unspecified atom stereocenters. The molecule has 1 atom stereocenters. The Kier molecular flexibility index (Phi) is 5.94. The monoisotopic (exact) mass is 429 g/mol. The van der Waals surface area contributed by atoms with Crippen molar-refractivity contribution in [3.63, 3.8) is 0 Å². The fourth-order valence-corrected chi connectivity index (χ4v) is 6.41. The van der Waals surface area contributed by atoms with E-state index in [1.807, 2.05) is 0 Å². The minimum atomic E-state index is -3.58. The van der Waals surface area contributed by atoms with Crippen LogP contribution in [0.1, 0.15) is 28.2 Å². The lowest BCUT2D eigenvalue weighted by molar-refractivity contribution is -0.120. The Balaban J connectivity index is 1.70. The Morgan fingerprint density at radius 2 is 2.19 bits per heavy atom. The maximum atomic E-state index is 12.7. The molecule has 1 amide bonds. The van der Waals surface area contributed by atoms with Crippen molar-refractivity contribution in [2.45, 2.75) is 24.0 Å². The van der Waals surface area contributed by atoms with Crippen molar-refractivity contribution in [1.82, 2.24) is 9.29 Å². The third kappa shape index (κ3) is 4.21. The lowest BCUT2D eigenvalue weighted by Gasteiger charge is -2.30. The fourth-order valence-electron chi connectivity index (χ4n) is 2.85. The summed E-state index contributed by atoms with van der Waals surface area (Å²) in [7, 11) is -2.30.